The molecule has 0 aliphatic heterocycles. The molecule has 3 unspecified atom stereocenters. The Morgan fingerprint density at radius 2 is 1.71 bits per heavy atom. The predicted molar refractivity (Wildman–Crippen MR) is 106 cm³/mol. The van der Waals surface area contributed by atoms with Gasteiger partial charge in [-0.05, 0) is 67.3 Å². The summed E-state index contributed by atoms with van der Waals surface area (Å²) >= 11 is 0. The summed E-state index contributed by atoms with van der Waals surface area (Å²) < 4.78 is 28.9. The Bertz CT molecular complexity index is 863. The van der Waals surface area contributed by atoms with Crippen molar-refractivity contribution in [3.8, 4) is 11.1 Å². The van der Waals surface area contributed by atoms with Crippen molar-refractivity contribution < 1.29 is 13.6 Å². The smallest absolute Gasteiger partial charge is 0.223 e. The topological polar surface area (TPSA) is 55.1 Å². The molecule has 0 radical (unpaired) electrons. The lowest BCUT2D eigenvalue weighted by Crippen LogP contribution is -2.33. The number of amides is 1. The normalized spacial score (nSPS) is 24.5. The number of carbonyl (C=O) groups excluding carboxylic acids is 1. The largest absolute Gasteiger partial charge is 0.349 e. The van der Waals surface area contributed by atoms with Gasteiger partial charge in [-0.1, -0.05) is 30.7 Å². The van der Waals surface area contributed by atoms with Crippen LogP contribution in [0.2, 0.25) is 0 Å². The van der Waals surface area contributed by atoms with E-state index in [1.54, 1.807) is 6.07 Å². The van der Waals surface area contributed by atoms with Crippen LogP contribution in [0.25, 0.3) is 11.1 Å². The molecule has 0 spiro atoms. The van der Waals surface area contributed by atoms with Gasteiger partial charge in [0.05, 0.1) is 11.6 Å². The number of nitrogens with one attached hydrogen (secondary N) is 1. The van der Waals surface area contributed by atoms with E-state index in [0.29, 0.717) is 5.56 Å². The average Bonchev–Trinajstić information content (AvgIpc) is 2.94. The molecule has 3 nitrogen and oxygen atoms in total. The minimum Gasteiger partial charge on any atom is -0.349 e. The van der Waals surface area contributed by atoms with Crippen LogP contribution in [0.1, 0.15) is 55.7 Å². The van der Waals surface area contributed by atoms with E-state index in [1.165, 1.54) is 18.2 Å². The first kappa shape index (κ1) is 19.1. The summed E-state index contributed by atoms with van der Waals surface area (Å²) in [6, 6.07) is 9.44. The summed E-state index contributed by atoms with van der Waals surface area (Å²) in [6.07, 6.45) is 5.99. The van der Waals surface area contributed by atoms with E-state index in [2.05, 4.69) is 5.32 Å². The molecule has 2 aromatic carbocycles. The summed E-state index contributed by atoms with van der Waals surface area (Å²) in [5.41, 5.74) is 8.46. The number of nitrogens with two attached hydrogens (primary N) is 1. The number of carbonyl (C=O) groups is 1. The van der Waals surface area contributed by atoms with Crippen molar-refractivity contribution in [2.24, 2.45) is 11.7 Å². The fraction of sp³-hybridized carbons (Fsp3) is 0.435. The summed E-state index contributed by atoms with van der Waals surface area (Å²) in [5, 5.41) is 3.17. The highest BCUT2D eigenvalue weighted by Gasteiger charge is 2.31. The van der Waals surface area contributed by atoms with Crippen LogP contribution >= 0.6 is 0 Å². The van der Waals surface area contributed by atoms with Crippen molar-refractivity contribution in [1.82, 2.24) is 5.32 Å². The number of hydrogen-bond acceptors (Lipinski definition) is 2. The Hall–Kier alpha value is -2.27. The van der Waals surface area contributed by atoms with Gasteiger partial charge in [0.2, 0.25) is 5.91 Å². The van der Waals surface area contributed by atoms with E-state index < -0.39 is 11.6 Å². The van der Waals surface area contributed by atoms with Gasteiger partial charge in [0.25, 0.3) is 0 Å². The van der Waals surface area contributed by atoms with Crippen molar-refractivity contribution >= 4 is 5.91 Å². The van der Waals surface area contributed by atoms with Gasteiger partial charge in [0, 0.05) is 12.0 Å². The third-order valence-electron chi connectivity index (χ3n) is 6.18. The first-order valence-corrected chi connectivity index (χ1v) is 10.2. The molecule has 4 rings (SSSR count). The van der Waals surface area contributed by atoms with E-state index in [1.807, 2.05) is 12.1 Å². The Morgan fingerprint density at radius 3 is 2.50 bits per heavy atom. The van der Waals surface area contributed by atoms with Crippen molar-refractivity contribution in [2.75, 3.05) is 0 Å². The summed E-state index contributed by atoms with van der Waals surface area (Å²) in [6.45, 7) is 0. The highest BCUT2D eigenvalue weighted by atomic mass is 19.1. The maximum atomic E-state index is 14.4. The first-order chi connectivity index (χ1) is 13.5. The molecule has 2 aliphatic rings. The molecule has 3 N–H and O–H groups in total. The molecule has 2 aromatic rings. The van der Waals surface area contributed by atoms with Gasteiger partial charge >= 0.3 is 0 Å². The number of benzene rings is 2. The molecule has 148 valence electrons. The molecule has 3 atom stereocenters. The highest BCUT2D eigenvalue weighted by Crippen LogP contribution is 2.40. The zero-order valence-corrected chi connectivity index (χ0v) is 15.9. The molecular weight excluding hydrogens is 358 g/mol. The Morgan fingerprint density at radius 1 is 0.964 bits per heavy atom. The van der Waals surface area contributed by atoms with E-state index in [9.17, 15) is 13.6 Å². The lowest BCUT2D eigenvalue weighted by molar-refractivity contribution is -0.126. The molecular formula is C23H26F2N2O. The van der Waals surface area contributed by atoms with Crippen molar-refractivity contribution in [3.63, 3.8) is 0 Å². The van der Waals surface area contributed by atoms with Gasteiger partial charge in [-0.25, -0.2) is 8.78 Å². The van der Waals surface area contributed by atoms with E-state index >= 15 is 0 Å². The van der Waals surface area contributed by atoms with Crippen LogP contribution in [0.15, 0.2) is 36.4 Å². The molecule has 1 fully saturated rings. The lowest BCUT2D eigenvalue weighted by Gasteiger charge is -2.22. The van der Waals surface area contributed by atoms with Gasteiger partial charge in [-0.3, -0.25) is 4.79 Å². The first-order valence-electron chi connectivity index (χ1n) is 10.2. The fourth-order valence-corrected chi connectivity index (χ4v) is 4.69. The third-order valence-corrected chi connectivity index (χ3v) is 6.18. The van der Waals surface area contributed by atoms with E-state index in [0.717, 1.165) is 56.1 Å². The van der Waals surface area contributed by atoms with Crippen LogP contribution in [-0.4, -0.2) is 11.9 Å². The van der Waals surface area contributed by atoms with Crippen molar-refractivity contribution in [2.45, 2.75) is 57.0 Å². The highest BCUT2D eigenvalue weighted by molar-refractivity contribution is 5.80. The minimum atomic E-state index is -0.580. The summed E-state index contributed by atoms with van der Waals surface area (Å²) in [7, 11) is 0. The Balaban J connectivity index is 1.61. The van der Waals surface area contributed by atoms with Crippen molar-refractivity contribution in [1.29, 1.82) is 0 Å². The molecule has 5 heteroatoms. The van der Waals surface area contributed by atoms with Crippen LogP contribution in [0.3, 0.4) is 0 Å². The average molecular weight is 384 g/mol. The zero-order valence-electron chi connectivity index (χ0n) is 15.9. The van der Waals surface area contributed by atoms with E-state index in [-0.39, 0.29) is 29.5 Å². The maximum absolute atomic E-state index is 14.4. The second kappa shape index (κ2) is 8.00. The van der Waals surface area contributed by atoms with Crippen molar-refractivity contribution in [3.05, 3.63) is 59.2 Å². The molecule has 1 amide bonds. The number of fused-ring (bicyclic) bond motifs is 1. The molecule has 0 bridgehead atoms. The standard InChI is InChI=1S/C23H26F2N2O/c24-18-8-3-9-19(25)22(18)17-7-2-4-14-11-13-20(21(14)17)27-23(28)15-5-1-6-16(26)12-10-15/h2-4,7-9,15-16,20H,1,5-6,10-13,26H2,(H,27,28). The van der Waals surface area contributed by atoms with Crippen LogP contribution in [0.5, 0.6) is 0 Å². The minimum absolute atomic E-state index is 0.0130. The maximum Gasteiger partial charge on any atom is 0.223 e. The van der Waals surface area contributed by atoms with Gasteiger partial charge in [0.1, 0.15) is 11.6 Å². The SMILES string of the molecule is NC1CCCC(C(=O)NC2CCc3cccc(-c4c(F)cccc4F)c32)CC1. The monoisotopic (exact) mass is 384 g/mol. The summed E-state index contributed by atoms with van der Waals surface area (Å²) in [4.78, 5) is 12.9. The third kappa shape index (κ3) is 3.68. The number of rotatable bonds is 3. The molecule has 2 aliphatic carbocycles. The van der Waals surface area contributed by atoms with E-state index in [4.69, 9.17) is 5.73 Å². The van der Waals surface area contributed by atoms with Gasteiger partial charge in [-0.2, -0.15) is 0 Å². The van der Waals surface area contributed by atoms with Crippen LogP contribution in [0, 0.1) is 17.6 Å². The van der Waals surface area contributed by atoms with Gasteiger partial charge in [0.15, 0.2) is 0 Å². The Kier molecular flexibility index (Phi) is 5.44. The second-order valence-corrected chi connectivity index (χ2v) is 8.04. The number of aryl methyl sites for hydroxylation is 1. The van der Waals surface area contributed by atoms with Gasteiger partial charge in [-0.15, -0.1) is 0 Å². The van der Waals surface area contributed by atoms with Crippen LogP contribution < -0.4 is 11.1 Å². The summed E-state index contributed by atoms with van der Waals surface area (Å²) in [5.74, 6) is -1.16. The molecule has 28 heavy (non-hydrogen) atoms. The number of halogens is 2. The van der Waals surface area contributed by atoms with Crippen LogP contribution in [-0.2, 0) is 11.2 Å². The molecule has 0 saturated heterocycles. The zero-order chi connectivity index (χ0) is 19.7. The lowest BCUT2D eigenvalue weighted by atomic mass is 9.93. The van der Waals surface area contributed by atoms with Gasteiger partial charge < -0.3 is 11.1 Å². The Labute approximate surface area is 164 Å². The quantitative estimate of drug-likeness (QED) is 0.758. The number of hydrogen-bond donors (Lipinski definition) is 2. The molecule has 0 aromatic heterocycles. The second-order valence-electron chi connectivity index (χ2n) is 8.04. The molecule has 0 heterocycles. The van der Waals surface area contributed by atoms with Crippen LogP contribution in [0.4, 0.5) is 8.78 Å². The predicted octanol–water partition coefficient (Wildman–Crippen LogP) is 4.64. The fourth-order valence-electron chi connectivity index (χ4n) is 4.69. The molecule has 1 saturated carbocycles.